The van der Waals surface area contributed by atoms with E-state index in [0.717, 1.165) is 10.9 Å². The molecule has 0 saturated carbocycles. The minimum Gasteiger partial charge on any atom is -0.506 e. The predicted octanol–water partition coefficient (Wildman–Crippen LogP) is 4.13. The zero-order chi connectivity index (χ0) is 18.0. The lowest BCUT2D eigenvalue weighted by atomic mass is 10.1. The van der Waals surface area contributed by atoms with Gasteiger partial charge in [0.2, 0.25) is 0 Å². The van der Waals surface area contributed by atoms with Crippen LogP contribution in [-0.4, -0.2) is 15.6 Å². The number of hydrogen-bond donors (Lipinski definition) is 2. The summed E-state index contributed by atoms with van der Waals surface area (Å²) in [4.78, 5) is 25.5. The Balaban J connectivity index is 2.15. The zero-order valence-corrected chi connectivity index (χ0v) is 15.2. The number of nitrogens with one attached hydrogen (secondary N) is 1. The van der Waals surface area contributed by atoms with Crippen LogP contribution in [0.25, 0.3) is 10.9 Å². The molecular weight excluding hydrogens is 384 g/mol. The van der Waals surface area contributed by atoms with Crippen LogP contribution >= 0.6 is 15.9 Å². The first kappa shape index (κ1) is 17.2. The number of para-hydroxylation sites is 1. The van der Waals surface area contributed by atoms with Crippen molar-refractivity contribution >= 4 is 38.4 Å². The molecule has 0 fully saturated rings. The molecule has 0 unspecified atom stereocenters. The Morgan fingerprint density at radius 2 is 1.96 bits per heavy atom. The molecule has 0 aliphatic carbocycles. The van der Waals surface area contributed by atoms with Crippen molar-refractivity contribution in [1.29, 1.82) is 0 Å². The summed E-state index contributed by atoms with van der Waals surface area (Å²) in [5.74, 6) is -0.920. The number of carbonyl (C=O) groups is 1. The first-order valence-corrected chi connectivity index (χ1v) is 8.73. The summed E-state index contributed by atoms with van der Waals surface area (Å²) in [6, 6.07) is 14.1. The van der Waals surface area contributed by atoms with Gasteiger partial charge in [0.15, 0.2) is 0 Å². The first-order valence-electron chi connectivity index (χ1n) is 7.94. The molecule has 6 heteroatoms. The number of anilines is 1. The Morgan fingerprint density at radius 3 is 2.68 bits per heavy atom. The number of nitrogens with zero attached hydrogens (tertiary/aromatic N) is 1. The molecule has 0 saturated heterocycles. The molecule has 5 nitrogen and oxygen atoms in total. The van der Waals surface area contributed by atoms with E-state index in [1.807, 2.05) is 13.0 Å². The molecule has 0 aliphatic heterocycles. The van der Waals surface area contributed by atoms with Crippen LogP contribution in [-0.2, 0) is 6.54 Å². The van der Waals surface area contributed by atoms with Gasteiger partial charge >= 0.3 is 0 Å². The van der Waals surface area contributed by atoms with Crippen LogP contribution in [0.2, 0.25) is 0 Å². The van der Waals surface area contributed by atoms with E-state index in [0.29, 0.717) is 23.1 Å². The third kappa shape index (κ3) is 3.30. The lowest BCUT2D eigenvalue weighted by molar-refractivity contribution is 0.102. The summed E-state index contributed by atoms with van der Waals surface area (Å²) in [6.45, 7) is 2.42. The minimum atomic E-state index is -0.629. The van der Waals surface area contributed by atoms with Gasteiger partial charge in [-0.15, -0.1) is 0 Å². The van der Waals surface area contributed by atoms with Gasteiger partial charge in [0, 0.05) is 22.1 Å². The van der Waals surface area contributed by atoms with Gasteiger partial charge in [-0.2, -0.15) is 0 Å². The highest BCUT2D eigenvalue weighted by molar-refractivity contribution is 9.10. The molecule has 3 aromatic rings. The Labute approximate surface area is 153 Å². The Kier molecular flexibility index (Phi) is 4.90. The minimum absolute atomic E-state index is 0.243. The summed E-state index contributed by atoms with van der Waals surface area (Å²) < 4.78 is 2.33. The second-order valence-corrected chi connectivity index (χ2v) is 6.58. The summed E-state index contributed by atoms with van der Waals surface area (Å²) >= 11 is 3.34. The number of pyridine rings is 1. The van der Waals surface area contributed by atoms with Crippen molar-refractivity contribution in [2.45, 2.75) is 19.9 Å². The number of fused-ring (bicyclic) bond motifs is 1. The molecule has 1 amide bonds. The summed E-state index contributed by atoms with van der Waals surface area (Å²) in [5, 5.41) is 13.7. The molecule has 25 heavy (non-hydrogen) atoms. The number of aromatic nitrogens is 1. The fraction of sp³-hybridized carbons (Fsp3) is 0.158. The third-order valence-electron chi connectivity index (χ3n) is 3.90. The van der Waals surface area contributed by atoms with Crippen LogP contribution in [0.5, 0.6) is 5.75 Å². The molecule has 0 bridgehead atoms. The quantitative estimate of drug-likeness (QED) is 0.691. The van der Waals surface area contributed by atoms with Gasteiger partial charge in [0.1, 0.15) is 11.3 Å². The van der Waals surface area contributed by atoms with Crippen LogP contribution in [0, 0.1) is 0 Å². The normalized spacial score (nSPS) is 10.8. The maximum Gasteiger partial charge on any atom is 0.267 e. The van der Waals surface area contributed by atoms with Gasteiger partial charge in [0.05, 0.1) is 5.52 Å². The van der Waals surface area contributed by atoms with Gasteiger partial charge in [-0.25, -0.2) is 0 Å². The fourth-order valence-corrected chi connectivity index (χ4v) is 3.20. The van der Waals surface area contributed by atoms with E-state index in [2.05, 4.69) is 21.2 Å². The fourth-order valence-electron chi connectivity index (χ4n) is 2.80. The number of aromatic hydroxyl groups is 1. The van der Waals surface area contributed by atoms with E-state index in [-0.39, 0.29) is 11.3 Å². The van der Waals surface area contributed by atoms with Crippen molar-refractivity contribution in [2.24, 2.45) is 0 Å². The number of aryl methyl sites for hydroxylation is 1. The Hall–Kier alpha value is -2.60. The number of hydrogen-bond acceptors (Lipinski definition) is 3. The summed E-state index contributed by atoms with van der Waals surface area (Å²) in [6.07, 6.45) is 0.737. The van der Waals surface area contributed by atoms with E-state index in [4.69, 9.17) is 0 Å². The van der Waals surface area contributed by atoms with Gasteiger partial charge in [-0.1, -0.05) is 41.1 Å². The maximum absolute atomic E-state index is 12.8. The van der Waals surface area contributed by atoms with Gasteiger partial charge < -0.3 is 15.0 Å². The Bertz CT molecular complexity index is 1010. The lowest BCUT2D eigenvalue weighted by Gasteiger charge is -2.14. The Morgan fingerprint density at radius 1 is 1.20 bits per heavy atom. The molecule has 3 rings (SSSR count). The molecule has 0 aliphatic rings. The number of benzene rings is 2. The maximum atomic E-state index is 12.8. The lowest BCUT2D eigenvalue weighted by Crippen LogP contribution is -2.29. The average molecular weight is 401 g/mol. The SMILES string of the molecule is CCCn1c(=O)c(C(=O)Nc2cccc(Br)c2)c(O)c2ccccc21. The van der Waals surface area contributed by atoms with E-state index in [1.54, 1.807) is 42.5 Å². The molecular formula is C19H17BrN2O3. The highest BCUT2D eigenvalue weighted by atomic mass is 79.9. The van der Waals surface area contributed by atoms with Crippen molar-refractivity contribution in [3.63, 3.8) is 0 Å². The van der Waals surface area contributed by atoms with Gasteiger partial charge in [-0.3, -0.25) is 9.59 Å². The number of carbonyl (C=O) groups excluding carboxylic acids is 1. The molecule has 2 aromatic carbocycles. The molecule has 0 atom stereocenters. The van der Waals surface area contributed by atoms with Crippen molar-refractivity contribution < 1.29 is 9.90 Å². The van der Waals surface area contributed by atoms with Crippen LogP contribution in [0.4, 0.5) is 5.69 Å². The van der Waals surface area contributed by atoms with E-state index in [1.165, 1.54) is 4.57 Å². The molecule has 1 heterocycles. The smallest absolute Gasteiger partial charge is 0.267 e. The second kappa shape index (κ2) is 7.11. The van der Waals surface area contributed by atoms with Crippen LogP contribution in [0.3, 0.4) is 0 Å². The van der Waals surface area contributed by atoms with Crippen LogP contribution in [0.15, 0.2) is 57.8 Å². The highest BCUT2D eigenvalue weighted by Gasteiger charge is 2.22. The van der Waals surface area contributed by atoms with E-state index >= 15 is 0 Å². The molecule has 1 aromatic heterocycles. The van der Waals surface area contributed by atoms with Gasteiger partial charge in [0.25, 0.3) is 11.5 Å². The molecule has 128 valence electrons. The van der Waals surface area contributed by atoms with Crippen molar-refractivity contribution in [2.75, 3.05) is 5.32 Å². The zero-order valence-electron chi connectivity index (χ0n) is 13.6. The molecule has 2 N–H and O–H groups in total. The topological polar surface area (TPSA) is 71.3 Å². The second-order valence-electron chi connectivity index (χ2n) is 5.66. The van der Waals surface area contributed by atoms with Crippen molar-refractivity contribution in [1.82, 2.24) is 4.57 Å². The third-order valence-corrected chi connectivity index (χ3v) is 4.40. The van der Waals surface area contributed by atoms with Crippen molar-refractivity contribution in [3.8, 4) is 5.75 Å². The highest BCUT2D eigenvalue weighted by Crippen LogP contribution is 2.27. The summed E-state index contributed by atoms with van der Waals surface area (Å²) in [7, 11) is 0. The summed E-state index contributed by atoms with van der Waals surface area (Å²) in [5.41, 5.74) is 0.414. The largest absolute Gasteiger partial charge is 0.506 e. The molecule has 0 radical (unpaired) electrons. The van der Waals surface area contributed by atoms with Crippen molar-refractivity contribution in [3.05, 3.63) is 68.9 Å². The number of halogens is 1. The predicted molar refractivity (Wildman–Crippen MR) is 102 cm³/mol. The first-order chi connectivity index (χ1) is 12.0. The molecule has 0 spiro atoms. The van der Waals surface area contributed by atoms with E-state index < -0.39 is 11.5 Å². The number of rotatable bonds is 4. The van der Waals surface area contributed by atoms with Gasteiger partial charge in [-0.05, 0) is 36.8 Å². The average Bonchev–Trinajstić information content (AvgIpc) is 2.59. The van der Waals surface area contributed by atoms with Crippen LogP contribution in [0.1, 0.15) is 23.7 Å². The number of amides is 1. The van der Waals surface area contributed by atoms with E-state index in [9.17, 15) is 14.7 Å². The standard InChI is InChI=1S/C19H17BrN2O3/c1-2-10-22-15-9-4-3-8-14(15)17(23)16(19(22)25)18(24)21-13-7-5-6-12(20)11-13/h3-9,11,23H,2,10H2,1H3,(H,21,24). The van der Waals surface area contributed by atoms with Crippen LogP contribution < -0.4 is 10.9 Å². The monoisotopic (exact) mass is 400 g/mol.